The second-order valence-corrected chi connectivity index (χ2v) is 3.92. The zero-order valence-corrected chi connectivity index (χ0v) is 10.1. The van der Waals surface area contributed by atoms with Crippen molar-refractivity contribution in [1.29, 1.82) is 0 Å². The van der Waals surface area contributed by atoms with Gasteiger partial charge in [-0.3, -0.25) is 0 Å². The average Bonchev–Trinajstić information content (AvgIpc) is 2.76. The molecule has 1 heterocycles. The molecule has 0 aliphatic heterocycles. The molecular formula is C12H16N4O. The number of nitrogen functional groups attached to an aromatic ring is 1. The summed E-state index contributed by atoms with van der Waals surface area (Å²) in [6.45, 7) is 2.88. The third kappa shape index (κ3) is 2.75. The topological polar surface area (TPSA) is 68.2 Å². The summed E-state index contributed by atoms with van der Waals surface area (Å²) in [6.07, 6.45) is 0.607. The van der Waals surface area contributed by atoms with Gasteiger partial charge in [-0.2, -0.15) is 4.98 Å². The first-order valence-corrected chi connectivity index (χ1v) is 5.57. The van der Waals surface area contributed by atoms with E-state index in [0.717, 1.165) is 17.8 Å². The van der Waals surface area contributed by atoms with Gasteiger partial charge in [-0.25, -0.2) is 0 Å². The Morgan fingerprint density at radius 3 is 2.94 bits per heavy atom. The Morgan fingerprint density at radius 2 is 2.24 bits per heavy atom. The highest BCUT2D eigenvalue weighted by Gasteiger charge is 2.09. The molecule has 17 heavy (non-hydrogen) atoms. The standard InChI is InChI=1S/C12H16N4O/c1-3-16(2)12-14-11(17-15-12)8-9-5-4-6-10(13)7-9/h4-7H,3,8,13H2,1-2H3. The van der Waals surface area contributed by atoms with E-state index < -0.39 is 0 Å². The maximum atomic E-state index is 5.71. The van der Waals surface area contributed by atoms with Crippen LogP contribution >= 0.6 is 0 Å². The lowest BCUT2D eigenvalue weighted by molar-refractivity contribution is 0.384. The maximum absolute atomic E-state index is 5.71. The highest BCUT2D eigenvalue weighted by Crippen LogP contribution is 2.13. The minimum atomic E-state index is 0.603. The van der Waals surface area contributed by atoms with Crippen LogP contribution in [0.2, 0.25) is 0 Å². The Labute approximate surface area is 100 Å². The van der Waals surface area contributed by atoms with E-state index in [9.17, 15) is 0 Å². The lowest BCUT2D eigenvalue weighted by Crippen LogP contribution is -2.17. The van der Waals surface area contributed by atoms with Gasteiger partial charge >= 0.3 is 0 Å². The van der Waals surface area contributed by atoms with Gasteiger partial charge in [0, 0.05) is 19.3 Å². The zero-order chi connectivity index (χ0) is 12.3. The molecule has 0 aliphatic rings. The number of aromatic nitrogens is 2. The first-order chi connectivity index (χ1) is 8.19. The minimum absolute atomic E-state index is 0.603. The average molecular weight is 232 g/mol. The highest BCUT2D eigenvalue weighted by molar-refractivity contribution is 5.41. The molecule has 0 bridgehead atoms. The Kier molecular flexibility index (Phi) is 3.27. The molecule has 2 N–H and O–H groups in total. The zero-order valence-electron chi connectivity index (χ0n) is 10.1. The maximum Gasteiger partial charge on any atom is 0.265 e. The van der Waals surface area contributed by atoms with Gasteiger partial charge in [0.1, 0.15) is 0 Å². The molecule has 0 radical (unpaired) electrons. The van der Waals surface area contributed by atoms with Gasteiger partial charge in [0.05, 0.1) is 6.42 Å². The van der Waals surface area contributed by atoms with Crippen LogP contribution in [0.25, 0.3) is 0 Å². The summed E-state index contributed by atoms with van der Waals surface area (Å²) in [5, 5.41) is 3.91. The molecule has 1 aromatic heterocycles. The predicted molar refractivity (Wildman–Crippen MR) is 66.9 cm³/mol. The number of anilines is 2. The molecule has 1 aromatic carbocycles. The van der Waals surface area contributed by atoms with Crippen LogP contribution in [0.5, 0.6) is 0 Å². The minimum Gasteiger partial charge on any atom is -0.399 e. The summed E-state index contributed by atoms with van der Waals surface area (Å²) < 4.78 is 5.19. The van der Waals surface area contributed by atoms with Crippen LogP contribution in [-0.2, 0) is 6.42 Å². The van der Waals surface area contributed by atoms with Crippen molar-refractivity contribution in [3.05, 3.63) is 35.7 Å². The smallest absolute Gasteiger partial charge is 0.265 e. The van der Waals surface area contributed by atoms with E-state index in [-0.39, 0.29) is 0 Å². The SMILES string of the molecule is CCN(C)c1noc(Cc2cccc(N)c2)n1. The van der Waals surface area contributed by atoms with Gasteiger partial charge in [0.25, 0.3) is 5.95 Å². The third-order valence-corrected chi connectivity index (χ3v) is 2.58. The number of rotatable bonds is 4. The van der Waals surface area contributed by atoms with E-state index in [1.165, 1.54) is 0 Å². The number of benzene rings is 1. The molecule has 2 rings (SSSR count). The molecule has 0 unspecified atom stereocenters. The van der Waals surface area contributed by atoms with E-state index in [4.69, 9.17) is 10.3 Å². The van der Waals surface area contributed by atoms with Gasteiger partial charge in [0.2, 0.25) is 5.89 Å². The van der Waals surface area contributed by atoms with Crippen LogP contribution in [0.4, 0.5) is 11.6 Å². The fourth-order valence-corrected chi connectivity index (χ4v) is 1.49. The summed E-state index contributed by atoms with van der Waals surface area (Å²) in [5.74, 6) is 1.22. The number of hydrogen-bond acceptors (Lipinski definition) is 5. The molecule has 5 heteroatoms. The Morgan fingerprint density at radius 1 is 1.41 bits per heavy atom. The quantitative estimate of drug-likeness (QED) is 0.812. The fraction of sp³-hybridized carbons (Fsp3) is 0.333. The molecular weight excluding hydrogens is 216 g/mol. The lowest BCUT2D eigenvalue weighted by Gasteiger charge is -2.08. The largest absolute Gasteiger partial charge is 0.399 e. The van der Waals surface area contributed by atoms with Gasteiger partial charge in [0.15, 0.2) is 0 Å². The Hall–Kier alpha value is -2.04. The molecule has 0 fully saturated rings. The number of nitrogens with zero attached hydrogens (tertiary/aromatic N) is 3. The first-order valence-electron chi connectivity index (χ1n) is 5.57. The van der Waals surface area contributed by atoms with Crippen LogP contribution < -0.4 is 10.6 Å². The van der Waals surface area contributed by atoms with Crippen molar-refractivity contribution in [3.63, 3.8) is 0 Å². The molecule has 0 saturated carbocycles. The van der Waals surface area contributed by atoms with Crippen molar-refractivity contribution < 1.29 is 4.52 Å². The van der Waals surface area contributed by atoms with Gasteiger partial charge < -0.3 is 15.2 Å². The molecule has 5 nitrogen and oxygen atoms in total. The van der Waals surface area contributed by atoms with E-state index in [1.54, 1.807) is 0 Å². The summed E-state index contributed by atoms with van der Waals surface area (Å²) in [7, 11) is 1.93. The van der Waals surface area contributed by atoms with Gasteiger partial charge in [-0.05, 0) is 29.8 Å². The van der Waals surface area contributed by atoms with Crippen molar-refractivity contribution in [2.24, 2.45) is 0 Å². The van der Waals surface area contributed by atoms with Gasteiger partial charge in [-0.1, -0.05) is 12.1 Å². The monoisotopic (exact) mass is 232 g/mol. The number of hydrogen-bond donors (Lipinski definition) is 1. The van der Waals surface area contributed by atoms with Crippen LogP contribution in [0.3, 0.4) is 0 Å². The molecule has 90 valence electrons. The second kappa shape index (κ2) is 4.86. The van der Waals surface area contributed by atoms with E-state index >= 15 is 0 Å². The Bertz CT molecular complexity index is 495. The van der Waals surface area contributed by atoms with Crippen molar-refractivity contribution in [2.45, 2.75) is 13.3 Å². The summed E-state index contributed by atoms with van der Waals surface area (Å²) in [6, 6.07) is 7.67. The molecule has 0 aliphatic carbocycles. The number of nitrogens with two attached hydrogens (primary N) is 1. The van der Waals surface area contributed by atoms with Gasteiger partial charge in [-0.15, -0.1) is 0 Å². The van der Waals surface area contributed by atoms with E-state index in [1.807, 2.05) is 43.1 Å². The summed E-state index contributed by atoms with van der Waals surface area (Å²) >= 11 is 0. The van der Waals surface area contributed by atoms with Crippen molar-refractivity contribution in [2.75, 3.05) is 24.2 Å². The van der Waals surface area contributed by atoms with E-state index in [0.29, 0.717) is 18.3 Å². The van der Waals surface area contributed by atoms with Crippen molar-refractivity contribution in [1.82, 2.24) is 10.1 Å². The van der Waals surface area contributed by atoms with Crippen LogP contribution in [-0.4, -0.2) is 23.7 Å². The van der Waals surface area contributed by atoms with Crippen LogP contribution in [0, 0.1) is 0 Å². The predicted octanol–water partition coefficient (Wildman–Crippen LogP) is 1.70. The second-order valence-electron chi connectivity index (χ2n) is 3.92. The summed E-state index contributed by atoms with van der Waals surface area (Å²) in [5.41, 5.74) is 7.52. The first kappa shape index (κ1) is 11.4. The van der Waals surface area contributed by atoms with Crippen molar-refractivity contribution >= 4 is 11.6 Å². The van der Waals surface area contributed by atoms with Crippen LogP contribution in [0.15, 0.2) is 28.8 Å². The lowest BCUT2D eigenvalue weighted by atomic mass is 10.1. The van der Waals surface area contributed by atoms with Crippen LogP contribution in [0.1, 0.15) is 18.4 Å². The molecule has 0 atom stereocenters. The fourth-order valence-electron chi connectivity index (χ4n) is 1.49. The molecule has 0 saturated heterocycles. The molecule has 0 spiro atoms. The van der Waals surface area contributed by atoms with E-state index in [2.05, 4.69) is 10.1 Å². The highest BCUT2D eigenvalue weighted by atomic mass is 16.5. The third-order valence-electron chi connectivity index (χ3n) is 2.58. The molecule has 0 amide bonds. The normalized spacial score (nSPS) is 10.5. The molecule has 2 aromatic rings. The Balaban J connectivity index is 2.11. The van der Waals surface area contributed by atoms with Crippen molar-refractivity contribution in [3.8, 4) is 0 Å². The summed E-state index contributed by atoms with van der Waals surface area (Å²) in [4.78, 5) is 6.24.